The number of allylic oxidation sites excluding steroid dienone is 2. The zero-order chi connectivity index (χ0) is 18.1. The lowest BCUT2D eigenvalue weighted by Crippen LogP contribution is -2.57. The van der Waals surface area contributed by atoms with Crippen LogP contribution in [0.15, 0.2) is 23.8 Å². The van der Waals surface area contributed by atoms with E-state index in [1.807, 2.05) is 13.8 Å². The number of fused-ring (bicyclic) bond motifs is 1. The second kappa shape index (κ2) is 7.01. The van der Waals surface area contributed by atoms with Gasteiger partial charge in [0.25, 0.3) is 0 Å². The molecule has 2 rings (SSSR count). The van der Waals surface area contributed by atoms with E-state index in [1.54, 1.807) is 0 Å². The molecule has 2 aliphatic carbocycles. The van der Waals surface area contributed by atoms with E-state index >= 15 is 0 Å². The maximum absolute atomic E-state index is 10.8. The molecular formula is C20H32O4. The monoisotopic (exact) mass is 336 g/mol. The van der Waals surface area contributed by atoms with Crippen molar-refractivity contribution in [3.8, 4) is 0 Å². The minimum atomic E-state index is -0.896. The highest BCUT2D eigenvalue weighted by molar-refractivity contribution is 5.80. The summed E-state index contributed by atoms with van der Waals surface area (Å²) in [4.78, 5) is 10.8. The molecule has 0 spiro atoms. The van der Waals surface area contributed by atoms with Gasteiger partial charge in [-0.05, 0) is 62.7 Å². The summed E-state index contributed by atoms with van der Waals surface area (Å²) >= 11 is 0. The predicted octanol–water partition coefficient (Wildman–Crippen LogP) is 3.54. The fourth-order valence-corrected chi connectivity index (χ4v) is 5.39. The van der Waals surface area contributed by atoms with Crippen molar-refractivity contribution in [2.45, 2.75) is 65.4 Å². The van der Waals surface area contributed by atoms with Crippen LogP contribution in [0.4, 0.5) is 0 Å². The third-order valence-corrected chi connectivity index (χ3v) is 6.89. The van der Waals surface area contributed by atoms with Gasteiger partial charge in [0.05, 0.1) is 12.7 Å². The topological polar surface area (TPSA) is 77.8 Å². The van der Waals surface area contributed by atoms with Gasteiger partial charge in [-0.1, -0.05) is 31.6 Å². The number of carboxylic acids is 1. The number of hydrogen-bond acceptors (Lipinski definition) is 3. The summed E-state index contributed by atoms with van der Waals surface area (Å²) in [5.74, 6) is -0.322. The van der Waals surface area contributed by atoms with E-state index in [9.17, 15) is 15.0 Å². The largest absolute Gasteiger partial charge is 0.478 e. The highest BCUT2D eigenvalue weighted by atomic mass is 16.4. The molecule has 0 saturated heterocycles. The van der Waals surface area contributed by atoms with Crippen molar-refractivity contribution in [2.24, 2.45) is 22.7 Å². The maximum Gasteiger partial charge on any atom is 0.328 e. The molecule has 2 aliphatic rings. The first kappa shape index (κ1) is 19.2. The Morgan fingerprint density at radius 2 is 2.04 bits per heavy atom. The molecule has 0 heterocycles. The molecule has 1 unspecified atom stereocenters. The number of aliphatic carboxylic acids is 1. The number of aliphatic hydroxyl groups excluding tert-OH is 2. The van der Waals surface area contributed by atoms with Crippen LogP contribution in [0.3, 0.4) is 0 Å². The smallest absolute Gasteiger partial charge is 0.328 e. The lowest BCUT2D eigenvalue weighted by molar-refractivity contribution is -0.152. The molecule has 0 amide bonds. The summed E-state index contributed by atoms with van der Waals surface area (Å²) in [6, 6.07) is 0. The second-order valence-corrected chi connectivity index (χ2v) is 8.39. The van der Waals surface area contributed by atoms with E-state index in [4.69, 9.17) is 5.11 Å². The molecule has 0 aromatic rings. The Balaban J connectivity index is 2.24. The number of carboxylic acid groups (broad SMARTS) is 1. The molecule has 2 fully saturated rings. The Bertz CT molecular complexity index is 538. The summed E-state index contributed by atoms with van der Waals surface area (Å²) in [6.45, 7) is 10.5. The number of rotatable bonds is 5. The van der Waals surface area contributed by atoms with Crippen molar-refractivity contribution in [2.75, 3.05) is 6.61 Å². The van der Waals surface area contributed by atoms with E-state index < -0.39 is 17.5 Å². The van der Waals surface area contributed by atoms with Gasteiger partial charge in [0.1, 0.15) is 0 Å². The molecule has 4 nitrogen and oxygen atoms in total. The molecule has 0 aromatic heterocycles. The van der Waals surface area contributed by atoms with Gasteiger partial charge in [0.2, 0.25) is 0 Å². The lowest BCUT2D eigenvalue weighted by Gasteiger charge is -2.60. The fraction of sp³-hybridized carbons (Fsp3) is 0.750. The van der Waals surface area contributed by atoms with Crippen LogP contribution in [-0.2, 0) is 4.79 Å². The van der Waals surface area contributed by atoms with Crippen molar-refractivity contribution in [1.29, 1.82) is 0 Å². The van der Waals surface area contributed by atoms with E-state index in [2.05, 4.69) is 13.5 Å². The quantitative estimate of drug-likeness (QED) is 0.530. The van der Waals surface area contributed by atoms with Crippen molar-refractivity contribution in [3.63, 3.8) is 0 Å². The van der Waals surface area contributed by atoms with Crippen molar-refractivity contribution in [1.82, 2.24) is 0 Å². The summed E-state index contributed by atoms with van der Waals surface area (Å²) in [5, 5.41) is 29.4. The van der Waals surface area contributed by atoms with Crippen LogP contribution in [0.5, 0.6) is 0 Å². The van der Waals surface area contributed by atoms with Gasteiger partial charge in [-0.2, -0.15) is 0 Å². The van der Waals surface area contributed by atoms with Gasteiger partial charge in [0.15, 0.2) is 0 Å². The predicted molar refractivity (Wildman–Crippen MR) is 94.5 cm³/mol. The Morgan fingerprint density at radius 3 is 2.62 bits per heavy atom. The summed E-state index contributed by atoms with van der Waals surface area (Å²) < 4.78 is 0. The molecule has 3 N–H and O–H groups in total. The minimum Gasteiger partial charge on any atom is -0.478 e. The molecule has 4 heteroatoms. The molecule has 0 radical (unpaired) electrons. The SMILES string of the molecule is C=C1CC[C@H]2[C@@](C)(CCC(O)[C@]2(C)CO)[C@@H]1CC/C(C)=C/C(=O)O. The van der Waals surface area contributed by atoms with Gasteiger partial charge in [-0.15, -0.1) is 0 Å². The van der Waals surface area contributed by atoms with Crippen molar-refractivity contribution >= 4 is 5.97 Å². The molecule has 0 bridgehead atoms. The van der Waals surface area contributed by atoms with E-state index in [0.717, 1.165) is 37.7 Å². The zero-order valence-corrected chi connectivity index (χ0v) is 15.2. The lowest BCUT2D eigenvalue weighted by atomic mass is 9.46. The van der Waals surface area contributed by atoms with Crippen LogP contribution < -0.4 is 0 Å². The third kappa shape index (κ3) is 3.31. The van der Waals surface area contributed by atoms with Crippen LogP contribution >= 0.6 is 0 Å². The molecule has 2 saturated carbocycles. The highest BCUT2D eigenvalue weighted by Gasteiger charge is 2.57. The van der Waals surface area contributed by atoms with Crippen LogP contribution in [-0.4, -0.2) is 34.0 Å². The van der Waals surface area contributed by atoms with Crippen LogP contribution in [0.25, 0.3) is 0 Å². The first-order chi connectivity index (χ1) is 11.1. The van der Waals surface area contributed by atoms with Gasteiger partial charge in [0, 0.05) is 11.5 Å². The standard InChI is InChI=1S/C20H32O4/c1-13(11-18(23)24)5-7-15-14(2)6-8-16-19(15,3)10-9-17(22)20(16,4)12-21/h11,15-17,21-22H,2,5-10,12H2,1,3-4H3,(H,23,24)/b13-11+/t15-,16+,17?,19+,20-/m1/s1. The normalized spacial score (nSPS) is 40.3. The number of carbonyl (C=O) groups is 1. The van der Waals surface area contributed by atoms with Crippen LogP contribution in [0.1, 0.15) is 59.3 Å². The average Bonchev–Trinajstić information content (AvgIpc) is 2.50. The first-order valence-electron chi connectivity index (χ1n) is 9.02. The van der Waals surface area contributed by atoms with Crippen molar-refractivity contribution < 1.29 is 20.1 Å². The van der Waals surface area contributed by atoms with E-state index in [-0.39, 0.29) is 17.9 Å². The zero-order valence-electron chi connectivity index (χ0n) is 15.2. The molecule has 5 atom stereocenters. The summed E-state index contributed by atoms with van der Waals surface area (Å²) in [7, 11) is 0. The Morgan fingerprint density at radius 1 is 1.38 bits per heavy atom. The molecule has 24 heavy (non-hydrogen) atoms. The fourth-order valence-electron chi connectivity index (χ4n) is 5.39. The number of hydrogen-bond donors (Lipinski definition) is 3. The maximum atomic E-state index is 10.8. The molecule has 136 valence electrons. The molecule has 0 aromatic carbocycles. The summed E-state index contributed by atoms with van der Waals surface area (Å²) in [5.41, 5.74) is 1.67. The number of aliphatic hydroxyl groups is 2. The van der Waals surface area contributed by atoms with Crippen LogP contribution in [0, 0.1) is 22.7 Å². The van der Waals surface area contributed by atoms with E-state index in [1.165, 1.54) is 11.6 Å². The van der Waals surface area contributed by atoms with Crippen LogP contribution in [0.2, 0.25) is 0 Å². The molecular weight excluding hydrogens is 304 g/mol. The Kier molecular flexibility index (Phi) is 5.61. The first-order valence-corrected chi connectivity index (χ1v) is 9.02. The third-order valence-electron chi connectivity index (χ3n) is 6.89. The van der Waals surface area contributed by atoms with Gasteiger partial charge < -0.3 is 15.3 Å². The van der Waals surface area contributed by atoms with E-state index in [0.29, 0.717) is 12.3 Å². The second-order valence-electron chi connectivity index (χ2n) is 8.39. The highest BCUT2D eigenvalue weighted by Crippen LogP contribution is 2.61. The minimum absolute atomic E-state index is 0.00552. The average molecular weight is 336 g/mol. The summed E-state index contributed by atoms with van der Waals surface area (Å²) in [6.07, 6.45) is 5.99. The molecule has 0 aliphatic heterocycles. The van der Waals surface area contributed by atoms with Gasteiger partial charge in [-0.25, -0.2) is 4.79 Å². The van der Waals surface area contributed by atoms with Gasteiger partial charge in [-0.3, -0.25) is 0 Å². The Hall–Kier alpha value is -1.13. The Labute approximate surface area is 145 Å². The van der Waals surface area contributed by atoms with Crippen molar-refractivity contribution in [3.05, 3.63) is 23.8 Å². The van der Waals surface area contributed by atoms with Gasteiger partial charge >= 0.3 is 5.97 Å².